The van der Waals surface area contributed by atoms with Crippen LogP contribution in [0.3, 0.4) is 0 Å². The molecule has 0 unspecified atom stereocenters. The van der Waals surface area contributed by atoms with Gasteiger partial charge in [0.15, 0.2) is 0 Å². The highest BCUT2D eigenvalue weighted by atomic mass is 79.9. The van der Waals surface area contributed by atoms with E-state index in [2.05, 4.69) is 48.0 Å². The number of nitrogens with two attached hydrogens (primary N) is 2. The molecule has 0 spiro atoms. The average molecular weight is 381 g/mol. The van der Waals surface area contributed by atoms with Gasteiger partial charge in [-0.05, 0) is 36.4 Å². The number of aromatic nitrogens is 1. The summed E-state index contributed by atoms with van der Waals surface area (Å²) in [5, 5.41) is 3.51. The van der Waals surface area contributed by atoms with Gasteiger partial charge >= 0.3 is 0 Å². The maximum absolute atomic E-state index is 6.06. The maximum atomic E-state index is 6.06. The summed E-state index contributed by atoms with van der Waals surface area (Å²) < 4.78 is 2.20. The summed E-state index contributed by atoms with van der Waals surface area (Å²) in [5.41, 5.74) is 17.0. The van der Waals surface area contributed by atoms with E-state index in [0.29, 0.717) is 0 Å². The summed E-state index contributed by atoms with van der Waals surface area (Å²) in [7, 11) is 2.08. The van der Waals surface area contributed by atoms with Crippen molar-refractivity contribution in [3.63, 3.8) is 0 Å². The highest BCUT2D eigenvalue weighted by molar-refractivity contribution is 8.93. The molecule has 0 saturated heterocycles. The minimum Gasteiger partial charge on any atom is -0.399 e. The molecule has 4 aromatic rings. The van der Waals surface area contributed by atoms with Crippen LogP contribution in [0.5, 0.6) is 0 Å². The Hall–Kier alpha value is -2.59. The van der Waals surface area contributed by atoms with Crippen molar-refractivity contribution in [3.05, 3.63) is 66.7 Å². The van der Waals surface area contributed by atoms with Crippen LogP contribution in [0.4, 0.5) is 11.4 Å². The number of fused-ring (bicyclic) bond motifs is 3. The zero-order chi connectivity index (χ0) is 16.0. The molecule has 4 N–H and O–H groups in total. The maximum Gasteiger partial charge on any atom is 0.220 e. The van der Waals surface area contributed by atoms with E-state index < -0.39 is 0 Å². The Balaban J connectivity index is 0.00000169. The van der Waals surface area contributed by atoms with Crippen LogP contribution in [-0.4, -0.2) is 0 Å². The minimum atomic E-state index is 0. The van der Waals surface area contributed by atoms with Gasteiger partial charge in [-0.3, -0.25) is 0 Å². The molecule has 0 aliphatic heterocycles. The quantitative estimate of drug-likeness (QED) is 0.295. The van der Waals surface area contributed by atoms with Gasteiger partial charge < -0.3 is 11.5 Å². The largest absolute Gasteiger partial charge is 0.399 e. The first-order chi connectivity index (χ1) is 11.1. The highest BCUT2D eigenvalue weighted by Gasteiger charge is 2.20. The van der Waals surface area contributed by atoms with Crippen molar-refractivity contribution in [2.24, 2.45) is 7.05 Å². The lowest BCUT2D eigenvalue weighted by atomic mass is 9.98. The van der Waals surface area contributed by atoms with Crippen molar-refractivity contribution >= 4 is 50.0 Å². The second kappa shape index (κ2) is 6.13. The van der Waals surface area contributed by atoms with Crippen LogP contribution in [0.25, 0.3) is 32.9 Å². The third-order valence-electron chi connectivity index (χ3n) is 4.35. The van der Waals surface area contributed by atoms with E-state index in [1.807, 2.05) is 30.3 Å². The summed E-state index contributed by atoms with van der Waals surface area (Å²) in [6.07, 6.45) is 0. The van der Waals surface area contributed by atoms with Crippen molar-refractivity contribution in [2.75, 3.05) is 11.5 Å². The van der Waals surface area contributed by atoms with Crippen LogP contribution >= 0.6 is 17.0 Å². The van der Waals surface area contributed by atoms with Gasteiger partial charge in [0.05, 0.1) is 10.8 Å². The van der Waals surface area contributed by atoms with Crippen LogP contribution in [0.2, 0.25) is 0 Å². The molecule has 0 aliphatic rings. The van der Waals surface area contributed by atoms with Crippen LogP contribution in [0, 0.1) is 0 Å². The fourth-order valence-electron chi connectivity index (χ4n) is 3.29. The highest BCUT2D eigenvalue weighted by Crippen LogP contribution is 2.32. The number of rotatable bonds is 1. The Morgan fingerprint density at radius 1 is 0.708 bits per heavy atom. The van der Waals surface area contributed by atoms with Gasteiger partial charge in [-0.2, -0.15) is 4.57 Å². The molecule has 0 amide bonds. The van der Waals surface area contributed by atoms with E-state index in [9.17, 15) is 0 Å². The van der Waals surface area contributed by atoms with Crippen molar-refractivity contribution in [1.82, 2.24) is 0 Å². The standard InChI is InChI=1S/C20H17N3.BrH/c1-23-19-12-15(22)8-10-17(19)16-9-7-14(21)11-18(16)20(23)13-5-3-2-4-6-13;/h2-12,22H,21H2,1H3;1H/p+1. The van der Waals surface area contributed by atoms with Crippen molar-refractivity contribution in [1.29, 1.82) is 0 Å². The topological polar surface area (TPSA) is 55.9 Å². The SMILES string of the molecule is Br.C[n+]1c(-c2ccccc2)c2cc(N)ccc2c2ccc(N)cc21. The first-order valence-corrected chi connectivity index (χ1v) is 7.61. The smallest absolute Gasteiger partial charge is 0.220 e. The van der Waals surface area contributed by atoms with Gasteiger partial charge in [0.25, 0.3) is 0 Å². The fourth-order valence-corrected chi connectivity index (χ4v) is 3.29. The van der Waals surface area contributed by atoms with E-state index in [0.717, 1.165) is 33.5 Å². The van der Waals surface area contributed by atoms with Crippen LogP contribution in [0.15, 0.2) is 66.7 Å². The first kappa shape index (κ1) is 16.3. The molecule has 0 radical (unpaired) electrons. The van der Waals surface area contributed by atoms with Gasteiger partial charge in [0.2, 0.25) is 11.2 Å². The number of nitrogen functional groups attached to an aromatic ring is 2. The molecule has 4 heteroatoms. The monoisotopic (exact) mass is 380 g/mol. The number of anilines is 2. The van der Waals surface area contributed by atoms with Gasteiger partial charge in [0, 0.05) is 28.4 Å². The fraction of sp³-hybridized carbons (Fsp3) is 0.0500. The molecule has 3 nitrogen and oxygen atoms in total. The molecule has 120 valence electrons. The Morgan fingerprint density at radius 3 is 2.04 bits per heavy atom. The summed E-state index contributed by atoms with van der Waals surface area (Å²) in [6.45, 7) is 0. The Morgan fingerprint density at radius 2 is 1.33 bits per heavy atom. The second-order valence-electron chi connectivity index (χ2n) is 5.86. The Labute approximate surface area is 151 Å². The molecule has 0 fully saturated rings. The lowest BCUT2D eigenvalue weighted by molar-refractivity contribution is -0.632. The molecule has 1 heterocycles. The zero-order valence-electron chi connectivity index (χ0n) is 13.4. The van der Waals surface area contributed by atoms with Crippen molar-refractivity contribution in [3.8, 4) is 11.3 Å². The number of hydrogen-bond acceptors (Lipinski definition) is 2. The number of aryl methyl sites for hydroxylation is 1. The zero-order valence-corrected chi connectivity index (χ0v) is 15.1. The summed E-state index contributed by atoms with van der Waals surface area (Å²) >= 11 is 0. The molecule has 0 bridgehead atoms. The van der Waals surface area contributed by atoms with Gasteiger partial charge in [0.1, 0.15) is 7.05 Å². The average Bonchev–Trinajstić information content (AvgIpc) is 2.56. The second-order valence-corrected chi connectivity index (χ2v) is 5.86. The normalized spacial score (nSPS) is 10.7. The molecule has 0 saturated carbocycles. The van der Waals surface area contributed by atoms with Gasteiger partial charge in [-0.25, -0.2) is 0 Å². The molecule has 3 aromatic carbocycles. The lowest BCUT2D eigenvalue weighted by Gasteiger charge is -2.10. The van der Waals surface area contributed by atoms with E-state index in [4.69, 9.17) is 11.5 Å². The first-order valence-electron chi connectivity index (χ1n) is 7.61. The predicted octanol–water partition coefficient (Wildman–Crippen LogP) is 4.23. The Kier molecular flexibility index (Phi) is 4.16. The number of nitrogens with zero attached hydrogens (tertiary/aromatic N) is 1. The van der Waals surface area contributed by atoms with E-state index in [1.54, 1.807) is 0 Å². The molecular weight excluding hydrogens is 362 g/mol. The van der Waals surface area contributed by atoms with Crippen LogP contribution < -0.4 is 16.0 Å². The summed E-state index contributed by atoms with van der Waals surface area (Å²) in [6, 6.07) is 22.5. The Bertz CT molecular complexity index is 1040. The van der Waals surface area contributed by atoms with E-state index in [1.165, 1.54) is 10.8 Å². The van der Waals surface area contributed by atoms with Crippen LogP contribution in [0.1, 0.15) is 0 Å². The van der Waals surface area contributed by atoms with Gasteiger partial charge in [-0.1, -0.05) is 24.3 Å². The molecule has 4 rings (SSSR count). The predicted molar refractivity (Wildman–Crippen MR) is 107 cm³/mol. The minimum absolute atomic E-state index is 0. The molecule has 0 aliphatic carbocycles. The van der Waals surface area contributed by atoms with Crippen molar-refractivity contribution in [2.45, 2.75) is 0 Å². The third-order valence-corrected chi connectivity index (χ3v) is 4.35. The molecule has 24 heavy (non-hydrogen) atoms. The number of benzene rings is 3. The summed E-state index contributed by atoms with van der Waals surface area (Å²) in [4.78, 5) is 0. The third kappa shape index (κ3) is 2.49. The number of pyridine rings is 1. The number of hydrogen-bond donors (Lipinski definition) is 2. The summed E-state index contributed by atoms with van der Waals surface area (Å²) in [5.74, 6) is 0. The molecular formula is C20H19BrN3+. The van der Waals surface area contributed by atoms with Crippen molar-refractivity contribution < 1.29 is 4.57 Å². The lowest BCUT2D eigenvalue weighted by Crippen LogP contribution is -2.32. The van der Waals surface area contributed by atoms with Crippen LogP contribution in [-0.2, 0) is 7.05 Å². The number of halogens is 1. The molecule has 1 aromatic heterocycles. The van der Waals surface area contributed by atoms with E-state index in [-0.39, 0.29) is 17.0 Å². The molecule has 0 atom stereocenters. The van der Waals surface area contributed by atoms with Gasteiger partial charge in [-0.15, -0.1) is 17.0 Å². The van der Waals surface area contributed by atoms with E-state index >= 15 is 0 Å².